The Morgan fingerprint density at radius 1 is 0.939 bits per heavy atom. The fraction of sp³-hybridized carbons (Fsp3) is 0.185. The Kier molecular flexibility index (Phi) is 6.45. The molecule has 1 saturated heterocycles. The van der Waals surface area contributed by atoms with Crippen molar-refractivity contribution in [1.29, 1.82) is 0 Å². The molecule has 3 aromatic carbocycles. The van der Waals surface area contributed by atoms with Crippen LogP contribution in [0.5, 0.6) is 11.5 Å². The van der Waals surface area contributed by atoms with Gasteiger partial charge in [0.2, 0.25) is 0 Å². The molecule has 0 saturated carbocycles. The highest BCUT2D eigenvalue weighted by Gasteiger charge is 2.46. The van der Waals surface area contributed by atoms with Crippen LogP contribution in [0.4, 0.5) is 0 Å². The molecular formula is C27H25NO5. The minimum absolute atomic E-state index is 0.0581. The van der Waals surface area contributed by atoms with Crippen LogP contribution < -0.4 is 9.47 Å². The molecular weight excluding hydrogens is 418 g/mol. The summed E-state index contributed by atoms with van der Waals surface area (Å²) in [6.07, 6.45) is 0. The number of carbonyl (C=O) groups is 2. The second-order valence-corrected chi connectivity index (χ2v) is 7.65. The van der Waals surface area contributed by atoms with Gasteiger partial charge in [0.1, 0.15) is 17.3 Å². The summed E-state index contributed by atoms with van der Waals surface area (Å²) in [6, 6.07) is 22.7. The van der Waals surface area contributed by atoms with Crippen molar-refractivity contribution in [3.63, 3.8) is 0 Å². The maximum absolute atomic E-state index is 13.2. The van der Waals surface area contributed by atoms with Crippen molar-refractivity contribution in [3.05, 3.63) is 101 Å². The number of aliphatic hydroxyl groups is 1. The molecule has 6 heteroatoms. The molecule has 0 aromatic heterocycles. The van der Waals surface area contributed by atoms with Crippen molar-refractivity contribution in [1.82, 2.24) is 4.90 Å². The fourth-order valence-electron chi connectivity index (χ4n) is 4.05. The van der Waals surface area contributed by atoms with Crippen molar-refractivity contribution in [2.45, 2.75) is 19.5 Å². The summed E-state index contributed by atoms with van der Waals surface area (Å²) in [5.41, 5.74) is 2.03. The topological polar surface area (TPSA) is 76.1 Å². The van der Waals surface area contributed by atoms with E-state index in [1.807, 2.05) is 61.5 Å². The Labute approximate surface area is 192 Å². The van der Waals surface area contributed by atoms with Crippen LogP contribution in [0.2, 0.25) is 0 Å². The van der Waals surface area contributed by atoms with Crippen molar-refractivity contribution >= 4 is 17.4 Å². The Balaban J connectivity index is 1.82. The summed E-state index contributed by atoms with van der Waals surface area (Å²) in [4.78, 5) is 27.8. The molecule has 1 aliphatic heterocycles. The molecule has 1 atom stereocenters. The van der Waals surface area contributed by atoms with Gasteiger partial charge in [0.05, 0.1) is 25.3 Å². The molecule has 1 aliphatic rings. The first-order valence-corrected chi connectivity index (χ1v) is 10.7. The molecule has 0 bridgehead atoms. The number of benzene rings is 3. The Morgan fingerprint density at radius 2 is 1.67 bits per heavy atom. The maximum Gasteiger partial charge on any atom is 0.295 e. The van der Waals surface area contributed by atoms with Gasteiger partial charge in [-0.1, -0.05) is 54.6 Å². The summed E-state index contributed by atoms with van der Waals surface area (Å²) in [5, 5.41) is 11.2. The van der Waals surface area contributed by atoms with Crippen molar-refractivity contribution in [2.24, 2.45) is 0 Å². The van der Waals surface area contributed by atoms with E-state index in [0.717, 1.165) is 11.1 Å². The number of aliphatic hydroxyl groups excluding tert-OH is 1. The van der Waals surface area contributed by atoms with Gasteiger partial charge in [-0.05, 0) is 42.3 Å². The molecule has 1 unspecified atom stereocenters. The number of hydrogen-bond donors (Lipinski definition) is 1. The van der Waals surface area contributed by atoms with Crippen molar-refractivity contribution < 1.29 is 24.2 Å². The summed E-state index contributed by atoms with van der Waals surface area (Å²) in [7, 11) is 1.58. The number of methoxy groups -OCH3 is 1. The smallest absolute Gasteiger partial charge is 0.295 e. The van der Waals surface area contributed by atoms with E-state index in [4.69, 9.17) is 9.47 Å². The van der Waals surface area contributed by atoms with E-state index in [1.54, 1.807) is 31.4 Å². The molecule has 6 nitrogen and oxygen atoms in total. The van der Waals surface area contributed by atoms with Crippen LogP contribution >= 0.6 is 0 Å². The highest BCUT2D eigenvalue weighted by molar-refractivity contribution is 6.46. The zero-order valence-corrected chi connectivity index (χ0v) is 18.5. The largest absolute Gasteiger partial charge is 0.507 e. The normalized spacial score (nSPS) is 17.3. The van der Waals surface area contributed by atoms with Crippen LogP contribution in [0.25, 0.3) is 5.76 Å². The summed E-state index contributed by atoms with van der Waals surface area (Å²) >= 11 is 0. The molecule has 0 aliphatic carbocycles. The van der Waals surface area contributed by atoms with E-state index >= 15 is 0 Å². The number of Topliss-reactive ketones (excluding diaryl/α,β-unsaturated/α-hetero) is 1. The number of nitrogens with zero attached hydrogens (tertiary/aromatic N) is 1. The third-order valence-electron chi connectivity index (χ3n) is 5.56. The summed E-state index contributed by atoms with van der Waals surface area (Å²) in [5.74, 6) is -0.367. The van der Waals surface area contributed by atoms with Crippen LogP contribution in [0.1, 0.15) is 29.7 Å². The predicted octanol–water partition coefficient (Wildman–Crippen LogP) is 4.72. The summed E-state index contributed by atoms with van der Waals surface area (Å²) < 4.78 is 10.8. The monoisotopic (exact) mass is 443 g/mol. The zero-order chi connectivity index (χ0) is 23.4. The molecule has 1 N–H and O–H groups in total. The number of hydrogen-bond acceptors (Lipinski definition) is 5. The molecule has 3 aromatic rings. The first-order valence-electron chi connectivity index (χ1n) is 10.7. The Hall–Kier alpha value is -4.06. The SMILES string of the molecule is CCOc1cccc(/C(O)=C2/C(=O)C(=O)N(Cc3cccc(OC)c3)C2c2ccccc2)c1. The minimum Gasteiger partial charge on any atom is -0.507 e. The second kappa shape index (κ2) is 9.61. The van der Waals surface area contributed by atoms with E-state index in [2.05, 4.69) is 0 Å². The molecule has 4 rings (SSSR count). The van der Waals surface area contributed by atoms with Crippen molar-refractivity contribution in [2.75, 3.05) is 13.7 Å². The third-order valence-corrected chi connectivity index (χ3v) is 5.56. The highest BCUT2D eigenvalue weighted by atomic mass is 16.5. The average molecular weight is 443 g/mol. The van der Waals surface area contributed by atoms with E-state index in [0.29, 0.717) is 23.7 Å². The number of ether oxygens (including phenoxy) is 2. The standard InChI is InChI=1S/C27H25NO5/c1-3-33-22-14-8-12-20(16-22)25(29)23-24(19-10-5-4-6-11-19)28(27(31)26(23)30)17-18-9-7-13-21(15-18)32-2/h4-16,24,29H,3,17H2,1-2H3/b25-23-. The van der Waals surface area contributed by atoms with Gasteiger partial charge in [0.25, 0.3) is 11.7 Å². The Morgan fingerprint density at radius 3 is 2.39 bits per heavy atom. The number of carbonyl (C=O) groups excluding carboxylic acids is 2. The molecule has 0 radical (unpaired) electrons. The first-order chi connectivity index (χ1) is 16.0. The minimum atomic E-state index is -0.729. The molecule has 168 valence electrons. The lowest BCUT2D eigenvalue weighted by molar-refractivity contribution is -0.140. The van der Waals surface area contributed by atoms with Gasteiger partial charge < -0.3 is 19.5 Å². The number of likely N-dealkylation sites (tertiary alicyclic amines) is 1. The van der Waals surface area contributed by atoms with Gasteiger partial charge in [-0.25, -0.2) is 0 Å². The van der Waals surface area contributed by atoms with Gasteiger partial charge in [0.15, 0.2) is 0 Å². The Bertz CT molecular complexity index is 1200. The van der Waals surface area contributed by atoms with Gasteiger partial charge in [-0.2, -0.15) is 0 Å². The van der Waals surface area contributed by atoms with Crippen LogP contribution in [-0.2, 0) is 16.1 Å². The van der Waals surface area contributed by atoms with E-state index in [-0.39, 0.29) is 17.9 Å². The lowest BCUT2D eigenvalue weighted by Gasteiger charge is -2.25. The number of rotatable bonds is 7. The maximum atomic E-state index is 13.2. The lowest BCUT2D eigenvalue weighted by Crippen LogP contribution is -2.29. The van der Waals surface area contributed by atoms with Gasteiger partial charge in [-0.3, -0.25) is 9.59 Å². The highest BCUT2D eigenvalue weighted by Crippen LogP contribution is 2.40. The van der Waals surface area contributed by atoms with Crippen LogP contribution in [-0.4, -0.2) is 35.4 Å². The number of ketones is 1. The third kappa shape index (κ3) is 4.46. The van der Waals surface area contributed by atoms with E-state index < -0.39 is 17.7 Å². The average Bonchev–Trinajstić information content (AvgIpc) is 3.09. The zero-order valence-electron chi connectivity index (χ0n) is 18.5. The van der Waals surface area contributed by atoms with Crippen LogP contribution in [0, 0.1) is 0 Å². The molecule has 1 amide bonds. The van der Waals surface area contributed by atoms with Crippen LogP contribution in [0.3, 0.4) is 0 Å². The fourth-order valence-corrected chi connectivity index (χ4v) is 4.05. The predicted molar refractivity (Wildman–Crippen MR) is 125 cm³/mol. The molecule has 1 fully saturated rings. The van der Waals surface area contributed by atoms with Crippen molar-refractivity contribution in [3.8, 4) is 11.5 Å². The first kappa shape index (κ1) is 22.1. The number of amides is 1. The van der Waals surface area contributed by atoms with E-state index in [9.17, 15) is 14.7 Å². The second-order valence-electron chi connectivity index (χ2n) is 7.65. The molecule has 1 heterocycles. The summed E-state index contributed by atoms with van der Waals surface area (Å²) in [6.45, 7) is 2.53. The van der Waals surface area contributed by atoms with Crippen LogP contribution in [0.15, 0.2) is 84.4 Å². The van der Waals surface area contributed by atoms with Gasteiger partial charge >= 0.3 is 0 Å². The molecule has 33 heavy (non-hydrogen) atoms. The van der Waals surface area contributed by atoms with E-state index in [1.165, 1.54) is 4.90 Å². The quantitative estimate of drug-likeness (QED) is 0.325. The van der Waals surface area contributed by atoms with Gasteiger partial charge in [0, 0.05) is 12.1 Å². The lowest BCUT2D eigenvalue weighted by atomic mass is 9.95. The van der Waals surface area contributed by atoms with Gasteiger partial charge in [-0.15, -0.1) is 0 Å². The molecule has 0 spiro atoms.